The van der Waals surface area contributed by atoms with Gasteiger partial charge in [-0.25, -0.2) is 4.98 Å². The van der Waals surface area contributed by atoms with Gasteiger partial charge >= 0.3 is 0 Å². The molecule has 1 aromatic heterocycles. The molecule has 0 aliphatic rings. The lowest BCUT2D eigenvalue weighted by atomic mass is 10.1. The lowest BCUT2D eigenvalue weighted by Gasteiger charge is -2.06. The maximum absolute atomic E-state index is 4.48. The zero-order chi connectivity index (χ0) is 10.3. The van der Waals surface area contributed by atoms with Crippen molar-refractivity contribution in [3.8, 4) is 0 Å². The summed E-state index contributed by atoms with van der Waals surface area (Å²) in [7, 11) is 0. The molecule has 14 heavy (non-hydrogen) atoms. The second-order valence-electron chi connectivity index (χ2n) is 3.33. The van der Waals surface area contributed by atoms with Crippen LogP contribution in [0, 0.1) is 13.8 Å². The van der Waals surface area contributed by atoms with Crippen molar-refractivity contribution in [3.63, 3.8) is 0 Å². The molecule has 0 N–H and O–H groups in total. The quantitative estimate of drug-likeness (QED) is 0.658. The number of benzene rings is 1. The molecule has 0 saturated heterocycles. The molecule has 0 unspecified atom stereocenters. The summed E-state index contributed by atoms with van der Waals surface area (Å²) in [5.41, 5.74) is 3.50. The van der Waals surface area contributed by atoms with Gasteiger partial charge in [0.2, 0.25) is 0 Å². The van der Waals surface area contributed by atoms with Gasteiger partial charge in [0, 0.05) is 9.86 Å². The van der Waals surface area contributed by atoms with Crippen LogP contribution in [0.3, 0.4) is 0 Å². The van der Waals surface area contributed by atoms with Crippen molar-refractivity contribution < 1.29 is 0 Å². The number of nitrogens with zero attached hydrogens (tertiary/aromatic N) is 1. The van der Waals surface area contributed by atoms with Gasteiger partial charge in [0.05, 0.1) is 5.52 Å². The standard InChI is InChI=1S/C11H9Br2N/c1-6-5-10(13)14-11-7(2)9(12)4-3-8(6)11/h3-5H,1-2H3. The normalized spacial score (nSPS) is 10.9. The van der Waals surface area contributed by atoms with Gasteiger partial charge in [-0.2, -0.15) is 0 Å². The molecule has 1 aromatic carbocycles. The Morgan fingerprint density at radius 1 is 1.14 bits per heavy atom. The van der Waals surface area contributed by atoms with E-state index in [0.29, 0.717) is 0 Å². The molecule has 2 rings (SSSR count). The first-order valence-corrected chi connectivity index (χ1v) is 5.90. The van der Waals surface area contributed by atoms with Crippen molar-refractivity contribution in [1.82, 2.24) is 4.98 Å². The van der Waals surface area contributed by atoms with Gasteiger partial charge in [-0.15, -0.1) is 0 Å². The summed E-state index contributed by atoms with van der Waals surface area (Å²) in [5.74, 6) is 0. The molecule has 0 spiro atoms. The summed E-state index contributed by atoms with van der Waals surface area (Å²) in [6.07, 6.45) is 0. The topological polar surface area (TPSA) is 12.9 Å². The van der Waals surface area contributed by atoms with Crippen molar-refractivity contribution in [2.24, 2.45) is 0 Å². The van der Waals surface area contributed by atoms with Gasteiger partial charge in [0.1, 0.15) is 4.60 Å². The van der Waals surface area contributed by atoms with Crippen LogP contribution < -0.4 is 0 Å². The van der Waals surface area contributed by atoms with Crippen LogP contribution in [0.25, 0.3) is 10.9 Å². The number of hydrogen-bond acceptors (Lipinski definition) is 1. The molecule has 0 fully saturated rings. The summed E-state index contributed by atoms with van der Waals surface area (Å²) >= 11 is 6.93. The third-order valence-corrected chi connectivity index (χ3v) is 3.61. The molecule has 1 heterocycles. The number of aromatic nitrogens is 1. The molecular weight excluding hydrogens is 306 g/mol. The van der Waals surface area contributed by atoms with Crippen molar-refractivity contribution >= 4 is 42.8 Å². The van der Waals surface area contributed by atoms with Crippen molar-refractivity contribution in [1.29, 1.82) is 0 Å². The average molecular weight is 315 g/mol. The monoisotopic (exact) mass is 313 g/mol. The van der Waals surface area contributed by atoms with E-state index in [1.807, 2.05) is 6.07 Å². The van der Waals surface area contributed by atoms with E-state index in [1.54, 1.807) is 0 Å². The number of aryl methyl sites for hydroxylation is 2. The SMILES string of the molecule is Cc1cc(Br)nc2c(C)c(Br)ccc12. The van der Waals surface area contributed by atoms with Crippen LogP contribution in [0.4, 0.5) is 0 Å². The number of rotatable bonds is 0. The molecule has 3 heteroatoms. The van der Waals surface area contributed by atoms with E-state index >= 15 is 0 Å². The van der Waals surface area contributed by atoms with Crippen molar-refractivity contribution in [2.45, 2.75) is 13.8 Å². The third kappa shape index (κ3) is 1.59. The van der Waals surface area contributed by atoms with Gasteiger partial charge in [-0.1, -0.05) is 22.0 Å². The van der Waals surface area contributed by atoms with E-state index in [2.05, 4.69) is 62.8 Å². The molecule has 0 bridgehead atoms. The molecule has 0 radical (unpaired) electrons. The first-order chi connectivity index (χ1) is 6.59. The van der Waals surface area contributed by atoms with Gasteiger partial charge < -0.3 is 0 Å². The van der Waals surface area contributed by atoms with Gasteiger partial charge in [-0.3, -0.25) is 0 Å². The highest BCUT2D eigenvalue weighted by Crippen LogP contribution is 2.27. The zero-order valence-electron chi connectivity index (χ0n) is 7.94. The Hall–Kier alpha value is -0.410. The number of hydrogen-bond donors (Lipinski definition) is 0. The Morgan fingerprint density at radius 3 is 2.57 bits per heavy atom. The lowest BCUT2D eigenvalue weighted by molar-refractivity contribution is 1.28. The Bertz CT molecular complexity index is 506. The molecule has 72 valence electrons. The molecule has 0 aliphatic heterocycles. The van der Waals surface area contributed by atoms with Crippen LogP contribution in [0.5, 0.6) is 0 Å². The minimum Gasteiger partial charge on any atom is -0.241 e. The summed E-state index contributed by atoms with van der Waals surface area (Å²) in [6, 6.07) is 6.21. The molecule has 1 nitrogen and oxygen atoms in total. The summed E-state index contributed by atoms with van der Waals surface area (Å²) < 4.78 is 2.00. The van der Waals surface area contributed by atoms with Crippen LogP contribution in [0.2, 0.25) is 0 Å². The molecule has 0 atom stereocenters. The molecule has 0 amide bonds. The fraction of sp³-hybridized carbons (Fsp3) is 0.182. The van der Waals surface area contributed by atoms with Crippen molar-refractivity contribution in [2.75, 3.05) is 0 Å². The number of pyridine rings is 1. The summed E-state index contributed by atoms with van der Waals surface area (Å²) in [6.45, 7) is 4.17. The Labute approximate surface area is 99.8 Å². The predicted octanol–water partition coefficient (Wildman–Crippen LogP) is 4.38. The van der Waals surface area contributed by atoms with E-state index in [1.165, 1.54) is 16.5 Å². The van der Waals surface area contributed by atoms with Gasteiger partial charge in [0.15, 0.2) is 0 Å². The van der Waals surface area contributed by atoms with Crippen LogP contribution in [-0.4, -0.2) is 4.98 Å². The molecule has 2 aromatic rings. The van der Waals surface area contributed by atoms with Gasteiger partial charge in [-0.05, 0) is 53.0 Å². The van der Waals surface area contributed by atoms with Crippen LogP contribution in [0.15, 0.2) is 27.3 Å². The van der Waals surface area contributed by atoms with Crippen LogP contribution >= 0.6 is 31.9 Å². The van der Waals surface area contributed by atoms with Crippen molar-refractivity contribution in [3.05, 3.63) is 38.4 Å². The lowest BCUT2D eigenvalue weighted by Crippen LogP contribution is -1.88. The first-order valence-electron chi connectivity index (χ1n) is 4.31. The maximum atomic E-state index is 4.48. The second kappa shape index (κ2) is 3.63. The van der Waals surface area contributed by atoms with Crippen LogP contribution in [0.1, 0.15) is 11.1 Å². The van der Waals surface area contributed by atoms with Crippen LogP contribution in [-0.2, 0) is 0 Å². The molecule has 0 saturated carbocycles. The number of fused-ring (bicyclic) bond motifs is 1. The van der Waals surface area contributed by atoms with Gasteiger partial charge in [0.25, 0.3) is 0 Å². The van der Waals surface area contributed by atoms with E-state index < -0.39 is 0 Å². The second-order valence-corrected chi connectivity index (χ2v) is 5.00. The fourth-order valence-corrected chi connectivity index (χ4v) is 2.37. The summed E-state index contributed by atoms with van der Waals surface area (Å²) in [4.78, 5) is 4.48. The Kier molecular flexibility index (Phi) is 2.62. The first kappa shape index (κ1) is 10.1. The smallest absolute Gasteiger partial charge is 0.107 e. The Morgan fingerprint density at radius 2 is 1.86 bits per heavy atom. The highest BCUT2D eigenvalue weighted by Gasteiger charge is 2.05. The highest BCUT2D eigenvalue weighted by atomic mass is 79.9. The fourth-order valence-electron chi connectivity index (χ4n) is 1.53. The Balaban J connectivity index is 2.95. The average Bonchev–Trinajstić information content (AvgIpc) is 2.12. The maximum Gasteiger partial charge on any atom is 0.107 e. The highest BCUT2D eigenvalue weighted by molar-refractivity contribution is 9.10. The van der Waals surface area contributed by atoms with E-state index in [0.717, 1.165) is 14.6 Å². The van der Waals surface area contributed by atoms with E-state index in [-0.39, 0.29) is 0 Å². The predicted molar refractivity (Wildman–Crippen MR) is 66.6 cm³/mol. The third-order valence-electron chi connectivity index (χ3n) is 2.34. The minimum absolute atomic E-state index is 0.892. The molecule has 0 aliphatic carbocycles. The summed E-state index contributed by atoms with van der Waals surface area (Å²) in [5, 5.41) is 1.22. The minimum atomic E-state index is 0.892. The van der Waals surface area contributed by atoms with E-state index in [9.17, 15) is 0 Å². The van der Waals surface area contributed by atoms with E-state index in [4.69, 9.17) is 0 Å². The largest absolute Gasteiger partial charge is 0.241 e. The molecular formula is C11H9Br2N. The number of halogens is 2. The zero-order valence-corrected chi connectivity index (χ0v) is 11.1.